The summed E-state index contributed by atoms with van der Waals surface area (Å²) in [5.74, 6) is -2.51. The number of hydrogen-bond donors (Lipinski definition) is 1. The number of rotatable bonds is 6. The molecule has 1 N–H and O–H groups in total. The van der Waals surface area contributed by atoms with Crippen LogP contribution in [0, 0.1) is 5.82 Å². The van der Waals surface area contributed by atoms with E-state index in [1.165, 1.54) is 12.3 Å². The fourth-order valence-corrected chi connectivity index (χ4v) is 2.57. The van der Waals surface area contributed by atoms with Crippen LogP contribution < -0.4 is 4.74 Å². The number of halogens is 2. The molecule has 0 saturated heterocycles. The lowest BCUT2D eigenvalue weighted by Crippen LogP contribution is -2.15. The van der Waals surface area contributed by atoms with Gasteiger partial charge in [0.1, 0.15) is 0 Å². The van der Waals surface area contributed by atoms with Crippen LogP contribution >= 0.6 is 15.9 Å². The third-order valence-electron chi connectivity index (χ3n) is 3.18. The van der Waals surface area contributed by atoms with Crippen molar-refractivity contribution in [3.8, 4) is 5.75 Å². The molecule has 118 valence electrons. The van der Waals surface area contributed by atoms with Gasteiger partial charge in [-0.1, -0.05) is 13.3 Å². The SMILES string of the molecule is CCCCOc1c(F)cc(Br)c2[nH]cc(C(=O)C(=O)OC)c12. The first kappa shape index (κ1) is 16.5. The fourth-order valence-electron chi connectivity index (χ4n) is 2.06. The molecule has 1 aromatic heterocycles. The summed E-state index contributed by atoms with van der Waals surface area (Å²) < 4.78 is 24.6. The van der Waals surface area contributed by atoms with Crippen molar-refractivity contribution in [2.24, 2.45) is 0 Å². The molecule has 5 nitrogen and oxygen atoms in total. The number of carbonyl (C=O) groups excluding carboxylic acids is 2. The highest BCUT2D eigenvalue weighted by Gasteiger charge is 2.25. The molecule has 0 atom stereocenters. The van der Waals surface area contributed by atoms with Crippen LogP contribution in [0.1, 0.15) is 30.1 Å². The van der Waals surface area contributed by atoms with Gasteiger partial charge in [-0.2, -0.15) is 0 Å². The second kappa shape index (κ2) is 6.91. The third kappa shape index (κ3) is 2.99. The average molecular weight is 372 g/mol. The van der Waals surface area contributed by atoms with Crippen LogP contribution in [0.2, 0.25) is 0 Å². The molecule has 0 unspecified atom stereocenters. The van der Waals surface area contributed by atoms with Crippen molar-refractivity contribution in [2.75, 3.05) is 13.7 Å². The smallest absolute Gasteiger partial charge is 0.379 e. The van der Waals surface area contributed by atoms with E-state index in [4.69, 9.17) is 4.74 Å². The van der Waals surface area contributed by atoms with Crippen molar-refractivity contribution >= 4 is 38.6 Å². The standard InChI is InChI=1S/C15H15BrFNO4/c1-3-4-5-22-14-10(17)6-9(16)12-11(14)8(7-18-12)13(19)15(20)21-2/h6-7,18H,3-5H2,1-2H3. The Morgan fingerprint density at radius 1 is 1.41 bits per heavy atom. The Bertz CT molecular complexity index is 726. The average Bonchev–Trinajstić information content (AvgIpc) is 2.94. The Balaban J connectivity index is 2.59. The first-order valence-corrected chi connectivity index (χ1v) is 7.55. The molecule has 22 heavy (non-hydrogen) atoms. The second-order valence-electron chi connectivity index (χ2n) is 4.64. The van der Waals surface area contributed by atoms with Crippen molar-refractivity contribution in [3.63, 3.8) is 0 Å². The first-order chi connectivity index (χ1) is 10.5. The maximum atomic E-state index is 14.2. The van der Waals surface area contributed by atoms with Crippen molar-refractivity contribution in [1.29, 1.82) is 0 Å². The minimum Gasteiger partial charge on any atom is -0.490 e. The highest BCUT2D eigenvalue weighted by molar-refractivity contribution is 9.10. The molecule has 0 saturated carbocycles. The highest BCUT2D eigenvalue weighted by Crippen LogP contribution is 2.36. The molecule has 1 aromatic carbocycles. The molecule has 7 heteroatoms. The molecule has 0 aliphatic heterocycles. The fraction of sp³-hybridized carbons (Fsp3) is 0.333. The number of nitrogens with one attached hydrogen (secondary N) is 1. The number of fused-ring (bicyclic) bond motifs is 1. The molecule has 1 heterocycles. The van der Waals surface area contributed by atoms with Gasteiger partial charge in [-0.25, -0.2) is 9.18 Å². The number of carbonyl (C=O) groups is 2. The minimum atomic E-state index is -1.01. The van der Waals surface area contributed by atoms with Crippen LogP contribution in [0.3, 0.4) is 0 Å². The zero-order valence-corrected chi connectivity index (χ0v) is 13.8. The van der Waals surface area contributed by atoms with E-state index in [9.17, 15) is 14.0 Å². The van der Waals surface area contributed by atoms with Gasteiger partial charge in [0, 0.05) is 10.7 Å². The van der Waals surface area contributed by atoms with Gasteiger partial charge in [-0.05, 0) is 28.4 Å². The zero-order chi connectivity index (χ0) is 16.3. The molecule has 0 aliphatic carbocycles. The van der Waals surface area contributed by atoms with Crippen LogP contribution in [0.5, 0.6) is 5.75 Å². The number of unbranched alkanes of at least 4 members (excludes halogenated alkanes) is 1. The van der Waals surface area contributed by atoms with E-state index in [-0.39, 0.29) is 16.7 Å². The number of aromatic nitrogens is 1. The van der Waals surface area contributed by atoms with E-state index < -0.39 is 17.6 Å². The molecular formula is C15H15BrFNO4. The lowest BCUT2D eigenvalue weighted by molar-refractivity contribution is -0.135. The van der Waals surface area contributed by atoms with Crippen LogP contribution in [0.15, 0.2) is 16.7 Å². The lowest BCUT2D eigenvalue weighted by Gasteiger charge is -2.10. The van der Waals surface area contributed by atoms with Gasteiger partial charge < -0.3 is 14.5 Å². The molecule has 0 aliphatic rings. The second-order valence-corrected chi connectivity index (χ2v) is 5.50. The van der Waals surface area contributed by atoms with Crippen LogP contribution in [0.4, 0.5) is 4.39 Å². The van der Waals surface area contributed by atoms with Gasteiger partial charge in [0.25, 0.3) is 5.78 Å². The lowest BCUT2D eigenvalue weighted by atomic mass is 10.1. The van der Waals surface area contributed by atoms with Crippen molar-refractivity contribution < 1.29 is 23.5 Å². The summed E-state index contributed by atoms with van der Waals surface area (Å²) >= 11 is 3.23. The van der Waals surface area contributed by atoms with Gasteiger partial charge >= 0.3 is 5.97 Å². The molecule has 0 bridgehead atoms. The Hall–Kier alpha value is -1.89. The van der Waals surface area contributed by atoms with E-state index in [0.717, 1.165) is 20.0 Å². The summed E-state index contributed by atoms with van der Waals surface area (Å²) in [6.45, 7) is 2.31. The summed E-state index contributed by atoms with van der Waals surface area (Å²) in [6, 6.07) is 1.26. The highest BCUT2D eigenvalue weighted by atomic mass is 79.9. The topological polar surface area (TPSA) is 68.4 Å². The Morgan fingerprint density at radius 2 is 2.14 bits per heavy atom. The number of hydrogen-bond acceptors (Lipinski definition) is 4. The molecule has 0 fully saturated rings. The van der Waals surface area contributed by atoms with E-state index in [1.807, 2.05) is 6.92 Å². The van der Waals surface area contributed by atoms with Crippen LogP contribution in [0.25, 0.3) is 10.9 Å². The maximum Gasteiger partial charge on any atom is 0.379 e. The zero-order valence-electron chi connectivity index (χ0n) is 12.2. The first-order valence-electron chi connectivity index (χ1n) is 6.75. The van der Waals surface area contributed by atoms with E-state index in [0.29, 0.717) is 16.6 Å². The molecular weight excluding hydrogens is 357 g/mol. The monoisotopic (exact) mass is 371 g/mol. The van der Waals surface area contributed by atoms with Gasteiger partial charge in [0.2, 0.25) is 0 Å². The van der Waals surface area contributed by atoms with E-state index in [2.05, 4.69) is 25.7 Å². The third-order valence-corrected chi connectivity index (χ3v) is 3.80. The number of benzene rings is 1. The minimum absolute atomic E-state index is 0.0218. The summed E-state index contributed by atoms with van der Waals surface area (Å²) in [5, 5.41) is 0.235. The largest absolute Gasteiger partial charge is 0.490 e. The molecule has 0 spiro atoms. The van der Waals surface area contributed by atoms with Crippen molar-refractivity contribution in [2.45, 2.75) is 19.8 Å². The van der Waals surface area contributed by atoms with Gasteiger partial charge in [-0.3, -0.25) is 4.79 Å². The van der Waals surface area contributed by atoms with Crippen molar-refractivity contribution in [3.05, 3.63) is 28.1 Å². The quantitative estimate of drug-likeness (QED) is 0.364. The number of ether oxygens (including phenoxy) is 2. The number of methoxy groups -OCH3 is 1. The number of ketones is 1. The van der Waals surface area contributed by atoms with E-state index >= 15 is 0 Å². The van der Waals surface area contributed by atoms with Crippen LogP contribution in [-0.2, 0) is 9.53 Å². The number of Topliss-reactive ketones (excluding diaryl/α,β-unsaturated/α-hetero) is 1. The molecule has 0 amide bonds. The maximum absolute atomic E-state index is 14.2. The van der Waals surface area contributed by atoms with E-state index in [1.54, 1.807) is 0 Å². The normalized spacial score (nSPS) is 10.7. The summed E-state index contributed by atoms with van der Waals surface area (Å²) in [4.78, 5) is 26.4. The number of H-pyrrole nitrogens is 1. The number of aromatic amines is 1. The van der Waals surface area contributed by atoms with Crippen LogP contribution in [-0.4, -0.2) is 30.5 Å². The Kier molecular flexibility index (Phi) is 5.18. The summed E-state index contributed by atoms with van der Waals surface area (Å²) in [7, 11) is 1.12. The Labute approximate surface area is 134 Å². The van der Waals surface area contributed by atoms with Gasteiger partial charge in [0.15, 0.2) is 11.6 Å². The van der Waals surface area contributed by atoms with Gasteiger partial charge in [0.05, 0.1) is 30.2 Å². The summed E-state index contributed by atoms with van der Waals surface area (Å²) in [6.07, 6.45) is 2.99. The predicted octanol–water partition coefficient (Wildman–Crippen LogP) is 3.60. The number of esters is 1. The van der Waals surface area contributed by atoms with Gasteiger partial charge in [-0.15, -0.1) is 0 Å². The molecule has 0 radical (unpaired) electrons. The van der Waals surface area contributed by atoms with Crippen molar-refractivity contribution in [1.82, 2.24) is 4.98 Å². The molecule has 2 aromatic rings. The summed E-state index contributed by atoms with van der Waals surface area (Å²) in [5.41, 5.74) is 0.508. The Morgan fingerprint density at radius 3 is 2.77 bits per heavy atom. The molecule has 2 rings (SSSR count). The predicted molar refractivity (Wildman–Crippen MR) is 82.7 cm³/mol.